The minimum atomic E-state index is -0.591. The number of piperidine rings is 1. The first-order chi connectivity index (χ1) is 12.6. The first kappa shape index (κ1) is 18.0. The van der Waals surface area contributed by atoms with Gasteiger partial charge in [-0.25, -0.2) is 4.39 Å². The largest absolute Gasteiger partial charge is 0.350 e. The van der Waals surface area contributed by atoms with E-state index in [1.165, 1.54) is 6.07 Å². The summed E-state index contributed by atoms with van der Waals surface area (Å²) in [7, 11) is 0. The van der Waals surface area contributed by atoms with Gasteiger partial charge in [0, 0.05) is 24.7 Å². The van der Waals surface area contributed by atoms with E-state index < -0.39 is 17.8 Å². The predicted molar refractivity (Wildman–Crippen MR) is 95.3 cm³/mol. The van der Waals surface area contributed by atoms with Crippen molar-refractivity contribution in [2.45, 2.75) is 32.4 Å². The number of hydrogen-bond donors (Lipinski definition) is 1. The maximum absolute atomic E-state index is 14.4. The number of benzene rings is 1. The van der Waals surface area contributed by atoms with Crippen LogP contribution in [0.15, 0.2) is 48.7 Å². The molecule has 3 rings (SSSR count). The first-order valence-corrected chi connectivity index (χ1v) is 8.83. The molecule has 2 atom stereocenters. The molecule has 0 bridgehead atoms. The van der Waals surface area contributed by atoms with Gasteiger partial charge in [-0.05, 0) is 31.5 Å². The highest BCUT2D eigenvalue weighted by atomic mass is 19.1. The fourth-order valence-electron chi connectivity index (χ4n) is 3.51. The van der Waals surface area contributed by atoms with Crippen LogP contribution in [-0.2, 0) is 16.1 Å². The first-order valence-electron chi connectivity index (χ1n) is 8.83. The van der Waals surface area contributed by atoms with E-state index in [9.17, 15) is 14.0 Å². The Labute approximate surface area is 152 Å². The number of pyridine rings is 1. The summed E-state index contributed by atoms with van der Waals surface area (Å²) in [6, 6.07) is 11.3. The van der Waals surface area contributed by atoms with E-state index in [1.807, 2.05) is 25.1 Å². The Bertz CT molecular complexity index is 782. The summed E-state index contributed by atoms with van der Waals surface area (Å²) in [4.78, 5) is 31.0. The van der Waals surface area contributed by atoms with Gasteiger partial charge in [-0.2, -0.15) is 0 Å². The van der Waals surface area contributed by atoms with Gasteiger partial charge >= 0.3 is 0 Å². The van der Waals surface area contributed by atoms with Gasteiger partial charge in [-0.15, -0.1) is 0 Å². The van der Waals surface area contributed by atoms with Gasteiger partial charge in [-0.1, -0.05) is 24.3 Å². The molecule has 136 valence electrons. The number of amides is 2. The maximum Gasteiger partial charge on any atom is 0.225 e. The second-order valence-electron chi connectivity index (χ2n) is 6.33. The molecule has 2 aromatic rings. The average Bonchev–Trinajstić information content (AvgIpc) is 2.67. The maximum atomic E-state index is 14.4. The van der Waals surface area contributed by atoms with Crippen molar-refractivity contribution < 1.29 is 14.0 Å². The summed E-state index contributed by atoms with van der Waals surface area (Å²) in [6.07, 6.45) is 2.37. The predicted octanol–water partition coefficient (Wildman–Crippen LogP) is 2.84. The summed E-state index contributed by atoms with van der Waals surface area (Å²) in [5, 5.41) is 2.89. The Morgan fingerprint density at radius 2 is 2.04 bits per heavy atom. The monoisotopic (exact) mass is 355 g/mol. The van der Waals surface area contributed by atoms with Crippen molar-refractivity contribution in [1.82, 2.24) is 15.2 Å². The number of nitrogens with one attached hydrogen (secondary N) is 1. The molecule has 6 heteroatoms. The molecule has 0 saturated carbocycles. The molecule has 1 aliphatic rings. The van der Waals surface area contributed by atoms with E-state index in [4.69, 9.17) is 0 Å². The zero-order chi connectivity index (χ0) is 18.5. The lowest BCUT2D eigenvalue weighted by Crippen LogP contribution is -2.48. The number of carbonyl (C=O) groups excluding carboxylic acids is 2. The van der Waals surface area contributed by atoms with Gasteiger partial charge in [0.1, 0.15) is 5.82 Å². The lowest BCUT2D eigenvalue weighted by Gasteiger charge is -2.40. The van der Waals surface area contributed by atoms with E-state index in [1.54, 1.807) is 29.3 Å². The number of carbonyl (C=O) groups is 2. The van der Waals surface area contributed by atoms with Crippen LogP contribution in [-0.4, -0.2) is 28.2 Å². The molecule has 1 N–H and O–H groups in total. The molecule has 26 heavy (non-hydrogen) atoms. The Kier molecular flexibility index (Phi) is 5.61. The lowest BCUT2D eigenvalue weighted by molar-refractivity contribution is -0.143. The molecule has 2 amide bonds. The Morgan fingerprint density at radius 3 is 2.73 bits per heavy atom. The van der Waals surface area contributed by atoms with E-state index in [0.717, 1.165) is 5.69 Å². The SMILES string of the molecule is CCN1C(=O)CC[C@@H](C(=O)NCc2ccccn2)[C@@H]1c1ccccc1F. The van der Waals surface area contributed by atoms with Crippen molar-refractivity contribution in [3.63, 3.8) is 0 Å². The Balaban J connectivity index is 1.84. The topological polar surface area (TPSA) is 62.3 Å². The van der Waals surface area contributed by atoms with Crippen molar-refractivity contribution in [3.05, 3.63) is 65.7 Å². The summed E-state index contributed by atoms with van der Waals surface area (Å²) in [5.74, 6) is -1.12. The number of likely N-dealkylation sites (tertiary alicyclic amines) is 1. The number of halogens is 1. The van der Waals surface area contributed by atoms with Crippen LogP contribution in [0.4, 0.5) is 4.39 Å². The lowest BCUT2D eigenvalue weighted by atomic mass is 9.83. The number of hydrogen-bond acceptors (Lipinski definition) is 3. The van der Waals surface area contributed by atoms with Crippen molar-refractivity contribution in [2.24, 2.45) is 5.92 Å². The van der Waals surface area contributed by atoms with Crippen LogP contribution in [0.25, 0.3) is 0 Å². The third-order valence-electron chi connectivity index (χ3n) is 4.78. The fourth-order valence-corrected chi connectivity index (χ4v) is 3.51. The highest BCUT2D eigenvalue weighted by Gasteiger charge is 2.40. The molecule has 0 unspecified atom stereocenters. The van der Waals surface area contributed by atoms with Crippen LogP contribution in [0.3, 0.4) is 0 Å². The molecule has 1 aromatic carbocycles. The van der Waals surface area contributed by atoms with Crippen LogP contribution in [0.2, 0.25) is 0 Å². The fraction of sp³-hybridized carbons (Fsp3) is 0.350. The summed E-state index contributed by atoms with van der Waals surface area (Å²) in [6.45, 7) is 2.59. The number of aromatic nitrogens is 1. The van der Waals surface area contributed by atoms with Gasteiger partial charge in [0.25, 0.3) is 0 Å². The summed E-state index contributed by atoms with van der Waals surface area (Å²) in [5.41, 5.74) is 1.14. The quantitative estimate of drug-likeness (QED) is 0.897. The third kappa shape index (κ3) is 3.74. The average molecular weight is 355 g/mol. The molecule has 1 aliphatic heterocycles. The molecule has 0 aliphatic carbocycles. The van der Waals surface area contributed by atoms with Crippen molar-refractivity contribution in [2.75, 3.05) is 6.54 Å². The highest BCUT2D eigenvalue weighted by Crippen LogP contribution is 2.37. The van der Waals surface area contributed by atoms with Gasteiger partial charge in [0.2, 0.25) is 11.8 Å². The molecular formula is C20H22FN3O2. The van der Waals surface area contributed by atoms with Gasteiger partial charge in [0.05, 0.1) is 24.2 Å². The zero-order valence-electron chi connectivity index (χ0n) is 14.7. The molecule has 1 saturated heterocycles. The summed E-state index contributed by atoms with van der Waals surface area (Å²) >= 11 is 0. The van der Waals surface area contributed by atoms with Gasteiger partial charge < -0.3 is 10.2 Å². The minimum absolute atomic E-state index is 0.0467. The van der Waals surface area contributed by atoms with Crippen LogP contribution in [0.5, 0.6) is 0 Å². The van der Waals surface area contributed by atoms with Crippen LogP contribution >= 0.6 is 0 Å². The van der Waals surface area contributed by atoms with Crippen molar-refractivity contribution >= 4 is 11.8 Å². The molecule has 1 fully saturated rings. The van der Waals surface area contributed by atoms with Gasteiger partial charge in [-0.3, -0.25) is 14.6 Å². The van der Waals surface area contributed by atoms with Crippen LogP contribution in [0.1, 0.15) is 37.1 Å². The molecule has 5 nitrogen and oxygen atoms in total. The summed E-state index contributed by atoms with van der Waals surface area (Å²) < 4.78 is 14.4. The van der Waals surface area contributed by atoms with Crippen LogP contribution in [0, 0.1) is 11.7 Å². The number of nitrogens with zero attached hydrogens (tertiary/aromatic N) is 2. The van der Waals surface area contributed by atoms with Crippen LogP contribution < -0.4 is 5.32 Å². The smallest absolute Gasteiger partial charge is 0.225 e. The molecule has 1 aromatic heterocycles. The minimum Gasteiger partial charge on any atom is -0.350 e. The standard InChI is InChI=1S/C20H22FN3O2/c1-2-24-18(25)11-10-16(19(24)15-8-3-4-9-17(15)21)20(26)23-13-14-7-5-6-12-22-14/h3-9,12,16,19H,2,10-11,13H2,1H3,(H,23,26)/t16-,19+/m1/s1. The van der Waals surface area contributed by atoms with E-state index in [-0.39, 0.29) is 11.8 Å². The van der Waals surface area contributed by atoms with Crippen molar-refractivity contribution in [1.29, 1.82) is 0 Å². The zero-order valence-corrected chi connectivity index (χ0v) is 14.7. The number of rotatable bonds is 5. The van der Waals surface area contributed by atoms with E-state index in [0.29, 0.717) is 31.5 Å². The molecule has 0 spiro atoms. The normalized spacial score (nSPS) is 20.1. The second kappa shape index (κ2) is 8.08. The Morgan fingerprint density at radius 1 is 1.27 bits per heavy atom. The molecule has 2 heterocycles. The third-order valence-corrected chi connectivity index (χ3v) is 4.78. The van der Waals surface area contributed by atoms with Gasteiger partial charge in [0.15, 0.2) is 0 Å². The van der Waals surface area contributed by atoms with Crippen molar-refractivity contribution in [3.8, 4) is 0 Å². The molecular weight excluding hydrogens is 333 g/mol. The molecule has 0 radical (unpaired) electrons. The van der Waals surface area contributed by atoms with E-state index in [2.05, 4.69) is 10.3 Å². The highest BCUT2D eigenvalue weighted by molar-refractivity contribution is 5.85. The van der Waals surface area contributed by atoms with E-state index >= 15 is 0 Å². The Hall–Kier alpha value is -2.76. The second-order valence-corrected chi connectivity index (χ2v) is 6.33.